The van der Waals surface area contributed by atoms with E-state index in [9.17, 15) is 27.6 Å². The largest absolute Gasteiger partial charge is 0.451 e. The zero-order valence-electron chi connectivity index (χ0n) is 18.8. The Morgan fingerprint density at radius 1 is 1.24 bits per heavy atom. The lowest BCUT2D eigenvalue weighted by molar-refractivity contribution is -0.148. The summed E-state index contributed by atoms with van der Waals surface area (Å²) in [7, 11) is 0. The second kappa shape index (κ2) is 9.06. The second-order valence-corrected chi connectivity index (χ2v) is 9.05. The maximum atomic E-state index is 13.0. The van der Waals surface area contributed by atoms with E-state index in [2.05, 4.69) is 15.5 Å². The summed E-state index contributed by atoms with van der Waals surface area (Å²) in [4.78, 5) is 39.9. The van der Waals surface area contributed by atoms with Crippen LogP contribution in [0.1, 0.15) is 45.8 Å². The lowest BCUT2D eigenvalue weighted by atomic mass is 10.1. The van der Waals surface area contributed by atoms with Crippen molar-refractivity contribution >= 4 is 18.1 Å². The number of alkyl carbamates (subject to hydrolysis) is 1. The van der Waals surface area contributed by atoms with Crippen LogP contribution in [-0.4, -0.2) is 80.0 Å². The van der Waals surface area contributed by atoms with Crippen LogP contribution in [0.3, 0.4) is 0 Å². The Morgan fingerprint density at radius 3 is 2.52 bits per heavy atom. The van der Waals surface area contributed by atoms with Gasteiger partial charge in [-0.25, -0.2) is 9.59 Å². The Bertz CT molecular complexity index is 913. The van der Waals surface area contributed by atoms with Gasteiger partial charge in [0.25, 0.3) is 0 Å². The van der Waals surface area contributed by atoms with Crippen LogP contribution in [0.25, 0.3) is 0 Å². The number of amides is 3. The van der Waals surface area contributed by atoms with Crippen molar-refractivity contribution in [1.82, 2.24) is 29.9 Å². The zero-order chi connectivity index (χ0) is 24.6. The van der Waals surface area contributed by atoms with Gasteiger partial charge < -0.3 is 29.2 Å². The molecule has 3 amide bonds. The number of hydrogen-bond donors (Lipinski definition) is 1. The molecule has 3 rings (SSSR count). The average molecular weight is 476 g/mol. The van der Waals surface area contributed by atoms with Crippen LogP contribution in [-0.2, 0) is 33.5 Å². The molecule has 14 heteroatoms. The highest BCUT2D eigenvalue weighted by Crippen LogP contribution is 2.29. The van der Waals surface area contributed by atoms with Gasteiger partial charge in [-0.3, -0.25) is 4.79 Å². The van der Waals surface area contributed by atoms with Crippen molar-refractivity contribution in [1.29, 1.82) is 0 Å². The molecule has 2 atom stereocenters. The first kappa shape index (κ1) is 24.6. The molecule has 1 N–H and O–H groups in total. The number of halogens is 3. The third-order valence-corrected chi connectivity index (χ3v) is 4.98. The molecule has 33 heavy (non-hydrogen) atoms. The van der Waals surface area contributed by atoms with Crippen LogP contribution in [0.4, 0.5) is 22.8 Å². The minimum atomic E-state index is -4.64. The molecule has 184 valence electrons. The number of carbonyl (C=O) groups excluding carboxylic acids is 3. The number of fused-ring (bicyclic) bond motifs is 1. The van der Waals surface area contributed by atoms with Gasteiger partial charge in [-0.2, -0.15) is 13.2 Å². The van der Waals surface area contributed by atoms with Crippen LogP contribution >= 0.6 is 0 Å². The number of carbonyl (C=O) groups is 3. The summed E-state index contributed by atoms with van der Waals surface area (Å²) in [5.41, 5.74) is -0.771. The number of nitrogens with one attached hydrogen (secondary N) is 1. The predicted octanol–water partition coefficient (Wildman–Crippen LogP) is 1.76. The van der Waals surface area contributed by atoms with E-state index in [1.165, 1.54) is 9.80 Å². The van der Waals surface area contributed by atoms with Crippen LogP contribution in [0.5, 0.6) is 0 Å². The summed E-state index contributed by atoms with van der Waals surface area (Å²) in [5, 5.41) is 9.37. The van der Waals surface area contributed by atoms with Crippen molar-refractivity contribution in [3.8, 4) is 0 Å². The maximum Gasteiger partial charge on any atom is 0.451 e. The molecule has 0 saturated carbocycles. The van der Waals surface area contributed by atoms with Crippen molar-refractivity contribution in [2.24, 2.45) is 0 Å². The molecule has 1 fully saturated rings. The zero-order valence-corrected chi connectivity index (χ0v) is 18.8. The third-order valence-electron chi connectivity index (χ3n) is 4.98. The van der Waals surface area contributed by atoms with Crippen LogP contribution in [0.2, 0.25) is 0 Å². The quantitative estimate of drug-likeness (QED) is 0.688. The maximum absolute atomic E-state index is 13.0. The van der Waals surface area contributed by atoms with Gasteiger partial charge in [0.15, 0.2) is 5.82 Å². The smallest absolute Gasteiger partial charge is 0.445 e. The number of aromatic nitrogens is 3. The number of rotatable bonds is 5. The van der Waals surface area contributed by atoms with Gasteiger partial charge in [0.1, 0.15) is 11.7 Å². The topological polar surface area (TPSA) is 119 Å². The Morgan fingerprint density at radius 2 is 1.94 bits per heavy atom. The van der Waals surface area contributed by atoms with Gasteiger partial charge in [0.05, 0.1) is 19.1 Å². The SMILES string of the molecule is CC1CN(CC(CC(=O)N2CCn3c(nnc3C(F)(F)F)C2)NC(=O)OC(C)(C)C)C(=O)O1. The first-order chi connectivity index (χ1) is 15.2. The van der Waals surface area contributed by atoms with Crippen molar-refractivity contribution in [2.45, 2.75) is 71.1 Å². The lowest BCUT2D eigenvalue weighted by Gasteiger charge is -2.30. The fourth-order valence-electron chi connectivity index (χ4n) is 3.64. The second-order valence-electron chi connectivity index (χ2n) is 9.05. The normalized spacial score (nSPS) is 19.7. The number of cyclic esters (lactones) is 1. The molecule has 2 aliphatic heterocycles. The van der Waals surface area contributed by atoms with Crippen LogP contribution in [0, 0.1) is 0 Å². The molecule has 1 aromatic rings. The Hall–Kier alpha value is -3.06. The number of ether oxygens (including phenoxy) is 2. The summed E-state index contributed by atoms with van der Waals surface area (Å²) in [5.74, 6) is -1.49. The molecule has 0 spiro atoms. The molecule has 0 aromatic carbocycles. The molecule has 0 aliphatic carbocycles. The Labute approximate surface area is 188 Å². The first-order valence-corrected chi connectivity index (χ1v) is 10.4. The van der Waals surface area contributed by atoms with Crippen LogP contribution in [0.15, 0.2) is 0 Å². The van der Waals surface area contributed by atoms with Crippen LogP contribution < -0.4 is 5.32 Å². The summed E-state index contributed by atoms with van der Waals surface area (Å²) in [6.07, 6.45) is -6.48. The number of hydrogen-bond acceptors (Lipinski definition) is 7. The van der Waals surface area contributed by atoms with Gasteiger partial charge in [-0.1, -0.05) is 0 Å². The van der Waals surface area contributed by atoms with Gasteiger partial charge >= 0.3 is 18.4 Å². The molecule has 1 aromatic heterocycles. The van der Waals surface area contributed by atoms with Gasteiger partial charge in [-0.15, -0.1) is 10.2 Å². The van der Waals surface area contributed by atoms with E-state index in [-0.39, 0.29) is 44.5 Å². The fraction of sp³-hybridized carbons (Fsp3) is 0.737. The van der Waals surface area contributed by atoms with Crippen molar-refractivity contribution < 1.29 is 37.0 Å². The minimum Gasteiger partial charge on any atom is -0.445 e. The van der Waals surface area contributed by atoms with Gasteiger partial charge in [-0.05, 0) is 27.7 Å². The third kappa shape index (κ3) is 6.26. The molecule has 0 radical (unpaired) electrons. The summed E-state index contributed by atoms with van der Waals surface area (Å²) >= 11 is 0. The first-order valence-electron chi connectivity index (χ1n) is 10.4. The fourth-order valence-corrected chi connectivity index (χ4v) is 3.64. The standard InChI is InChI=1S/C19H27F3N6O5/c1-11-8-27(17(31)32-11)9-12(23-16(30)33-18(2,3)4)7-14(29)26-5-6-28-13(10-26)24-25-15(28)19(20,21)22/h11-12H,5-10H2,1-4H3,(H,23,30). The van der Waals surface area contributed by atoms with Gasteiger partial charge in [0, 0.05) is 26.1 Å². The number of alkyl halides is 3. The van der Waals surface area contributed by atoms with E-state index in [0.717, 1.165) is 4.57 Å². The van der Waals surface area contributed by atoms with Gasteiger partial charge in [0.2, 0.25) is 11.7 Å². The highest BCUT2D eigenvalue weighted by atomic mass is 19.4. The average Bonchev–Trinajstić information content (AvgIpc) is 3.21. The van der Waals surface area contributed by atoms with Crippen molar-refractivity contribution in [3.05, 3.63) is 11.6 Å². The van der Waals surface area contributed by atoms with E-state index in [1.54, 1.807) is 27.7 Å². The minimum absolute atomic E-state index is 0.0103. The van der Waals surface area contributed by atoms with Crippen molar-refractivity contribution in [3.63, 3.8) is 0 Å². The highest BCUT2D eigenvalue weighted by molar-refractivity contribution is 5.78. The number of nitrogens with zero attached hydrogens (tertiary/aromatic N) is 5. The molecule has 2 aliphatic rings. The highest BCUT2D eigenvalue weighted by Gasteiger charge is 2.40. The predicted molar refractivity (Wildman–Crippen MR) is 106 cm³/mol. The Balaban J connectivity index is 1.68. The Kier molecular flexibility index (Phi) is 6.75. The van der Waals surface area contributed by atoms with E-state index in [1.807, 2.05) is 0 Å². The molecule has 2 unspecified atom stereocenters. The van der Waals surface area contributed by atoms with E-state index in [0.29, 0.717) is 6.54 Å². The van der Waals surface area contributed by atoms with E-state index >= 15 is 0 Å². The summed E-state index contributed by atoms with van der Waals surface area (Å²) in [6, 6.07) is -0.796. The lowest BCUT2D eigenvalue weighted by Crippen LogP contribution is -2.49. The van der Waals surface area contributed by atoms with Crippen molar-refractivity contribution in [2.75, 3.05) is 19.6 Å². The molecular weight excluding hydrogens is 449 g/mol. The molecule has 11 nitrogen and oxygen atoms in total. The molecule has 3 heterocycles. The molecular formula is C19H27F3N6O5. The summed E-state index contributed by atoms with van der Waals surface area (Å²) in [6.45, 7) is 6.85. The molecule has 1 saturated heterocycles. The van der Waals surface area contributed by atoms with E-state index in [4.69, 9.17) is 9.47 Å². The molecule has 0 bridgehead atoms. The monoisotopic (exact) mass is 476 g/mol. The van der Waals surface area contributed by atoms with E-state index < -0.39 is 41.7 Å². The summed E-state index contributed by atoms with van der Waals surface area (Å²) < 4.78 is 50.4.